The Kier molecular flexibility index (Phi) is 4.77. The summed E-state index contributed by atoms with van der Waals surface area (Å²) in [5, 5.41) is 18.7. The smallest absolute Gasteiger partial charge is 0.317 e. The first-order valence-electron chi connectivity index (χ1n) is 4.51. The average molecular weight is 237 g/mol. The van der Waals surface area contributed by atoms with Crippen molar-refractivity contribution in [2.75, 3.05) is 19.7 Å². The van der Waals surface area contributed by atoms with Crippen molar-refractivity contribution in [1.29, 1.82) is 0 Å². The number of hydrazine groups is 1. The molecule has 0 aromatic heterocycles. The van der Waals surface area contributed by atoms with E-state index in [1.165, 1.54) is 0 Å². The summed E-state index contributed by atoms with van der Waals surface area (Å²) in [5.41, 5.74) is 2.62. The third kappa shape index (κ3) is 3.30. The number of thiol groups is 1. The molecule has 1 aliphatic rings. The first kappa shape index (κ1) is 12.7. The minimum Gasteiger partial charge on any atom is -0.480 e. The first-order chi connectivity index (χ1) is 7.06. The van der Waals surface area contributed by atoms with E-state index in [0.29, 0.717) is 6.54 Å². The molecule has 1 aliphatic heterocycles. The summed E-state index contributed by atoms with van der Waals surface area (Å²) in [6, 6.07) is 0. The zero-order valence-electron chi connectivity index (χ0n) is 8.33. The van der Waals surface area contributed by atoms with Gasteiger partial charge < -0.3 is 5.11 Å². The fourth-order valence-corrected chi connectivity index (χ4v) is 1.90. The normalized spacial score (nSPS) is 28.5. The molecule has 88 valence electrons. The predicted octanol–water partition coefficient (Wildman–Crippen LogP) is -0.758. The Balaban J connectivity index is 2.49. The van der Waals surface area contributed by atoms with Gasteiger partial charge in [-0.3, -0.25) is 15.0 Å². The van der Waals surface area contributed by atoms with Crippen molar-refractivity contribution >= 4 is 18.6 Å². The summed E-state index contributed by atoms with van der Waals surface area (Å²) in [6.07, 6.45) is -0.112. The topological polar surface area (TPSA) is 85.3 Å². The van der Waals surface area contributed by atoms with Gasteiger partial charge in [0.05, 0.1) is 12.8 Å². The number of carbonyl (C=O) groups is 1. The predicted molar refractivity (Wildman–Crippen MR) is 55.0 cm³/mol. The van der Waals surface area contributed by atoms with E-state index in [1.54, 1.807) is 9.91 Å². The fourth-order valence-electron chi connectivity index (χ4n) is 1.48. The zero-order chi connectivity index (χ0) is 11.4. The van der Waals surface area contributed by atoms with E-state index in [1.807, 2.05) is 6.92 Å². The molecule has 7 nitrogen and oxygen atoms in total. The van der Waals surface area contributed by atoms with Crippen LogP contribution in [0.2, 0.25) is 0 Å². The molecule has 0 bridgehead atoms. The summed E-state index contributed by atoms with van der Waals surface area (Å²) < 4.78 is 0. The molecule has 0 aliphatic carbocycles. The molecule has 1 rings (SSSR count). The maximum Gasteiger partial charge on any atom is 0.317 e. The molecule has 3 N–H and O–H groups in total. The van der Waals surface area contributed by atoms with Gasteiger partial charge in [0.25, 0.3) is 0 Å². The van der Waals surface area contributed by atoms with Gasteiger partial charge in [-0.25, -0.2) is 15.3 Å². The molecule has 8 heteroatoms. The van der Waals surface area contributed by atoms with Gasteiger partial charge in [-0.1, -0.05) is 0 Å². The second-order valence-electron chi connectivity index (χ2n) is 3.23. The number of aliphatic carboxylic acids is 1. The Morgan fingerprint density at radius 3 is 2.87 bits per heavy atom. The highest BCUT2D eigenvalue weighted by Crippen LogP contribution is 2.17. The van der Waals surface area contributed by atoms with E-state index < -0.39 is 5.97 Å². The van der Waals surface area contributed by atoms with Crippen molar-refractivity contribution in [3.8, 4) is 0 Å². The molecule has 0 aromatic rings. The van der Waals surface area contributed by atoms with Crippen molar-refractivity contribution in [1.82, 2.24) is 15.3 Å². The third-order valence-electron chi connectivity index (χ3n) is 2.27. The number of nitrogens with zero attached hydrogens (tertiary/aromatic N) is 2. The van der Waals surface area contributed by atoms with Crippen LogP contribution in [0.3, 0.4) is 0 Å². The lowest BCUT2D eigenvalue weighted by Crippen LogP contribution is -2.42. The van der Waals surface area contributed by atoms with Crippen LogP contribution in [0.25, 0.3) is 0 Å². The van der Waals surface area contributed by atoms with Crippen molar-refractivity contribution in [2.24, 2.45) is 0 Å². The fraction of sp³-hybridized carbons (Fsp3) is 0.857. The van der Waals surface area contributed by atoms with Crippen LogP contribution in [-0.2, 0) is 9.68 Å². The van der Waals surface area contributed by atoms with Crippen LogP contribution >= 0.6 is 12.6 Å². The maximum atomic E-state index is 10.6. The largest absolute Gasteiger partial charge is 0.480 e. The Hall–Kier alpha value is -0.380. The van der Waals surface area contributed by atoms with Gasteiger partial charge in [0.2, 0.25) is 0 Å². The summed E-state index contributed by atoms with van der Waals surface area (Å²) in [4.78, 5) is 16.2. The van der Waals surface area contributed by atoms with Gasteiger partial charge in [-0.05, 0) is 6.92 Å². The Morgan fingerprint density at radius 1 is 1.67 bits per heavy atom. The number of hydrogen-bond acceptors (Lipinski definition) is 7. The summed E-state index contributed by atoms with van der Waals surface area (Å²) in [5.74, 6) is -0.900. The van der Waals surface area contributed by atoms with Crippen molar-refractivity contribution in [3.05, 3.63) is 0 Å². The first-order valence-corrected chi connectivity index (χ1v) is 5.02. The van der Waals surface area contributed by atoms with Crippen LogP contribution in [0.5, 0.6) is 0 Å². The van der Waals surface area contributed by atoms with E-state index in [9.17, 15) is 4.79 Å². The van der Waals surface area contributed by atoms with Crippen LogP contribution in [0.1, 0.15) is 6.92 Å². The average Bonchev–Trinajstić information content (AvgIpc) is 2.42. The minimum absolute atomic E-state index is 0.0845. The van der Waals surface area contributed by atoms with Gasteiger partial charge in [-0.15, -0.1) is 12.6 Å². The van der Waals surface area contributed by atoms with Crippen LogP contribution in [0.15, 0.2) is 0 Å². The van der Waals surface area contributed by atoms with Crippen LogP contribution < -0.4 is 5.43 Å². The number of rotatable bonds is 5. The molecule has 2 unspecified atom stereocenters. The number of hydrogen-bond donors (Lipinski definition) is 4. The Labute approximate surface area is 92.9 Å². The molecule has 0 aromatic carbocycles. The van der Waals surface area contributed by atoms with Crippen LogP contribution in [-0.4, -0.2) is 57.6 Å². The van der Waals surface area contributed by atoms with E-state index >= 15 is 0 Å². The highest BCUT2D eigenvalue weighted by atomic mass is 32.1. The van der Waals surface area contributed by atoms with Crippen molar-refractivity contribution < 1.29 is 20.0 Å². The van der Waals surface area contributed by atoms with E-state index in [0.717, 1.165) is 0 Å². The maximum absolute atomic E-state index is 10.6. The summed E-state index contributed by atoms with van der Waals surface area (Å²) in [6.45, 7) is 2.37. The Morgan fingerprint density at radius 2 is 2.33 bits per heavy atom. The highest BCUT2D eigenvalue weighted by molar-refractivity contribution is 7.80. The molecular weight excluding hydrogens is 222 g/mol. The van der Waals surface area contributed by atoms with Crippen molar-refractivity contribution in [3.63, 3.8) is 0 Å². The quantitative estimate of drug-likeness (QED) is 0.284. The second-order valence-corrected chi connectivity index (χ2v) is 3.72. The standard InChI is InChI=1S/C7H15N3O4S/c1-5-9(4-6(11)12)7(15)8-10(5)2-3-14-13/h5,7-8,13,15H,2-4H2,1H3,(H,11,12). The molecule has 1 saturated heterocycles. The van der Waals surface area contributed by atoms with Crippen LogP contribution in [0.4, 0.5) is 0 Å². The molecule has 1 fully saturated rings. The molecule has 0 amide bonds. The van der Waals surface area contributed by atoms with E-state index in [4.69, 9.17) is 10.4 Å². The lowest BCUT2D eigenvalue weighted by molar-refractivity contribution is -0.245. The second kappa shape index (κ2) is 5.64. The van der Waals surface area contributed by atoms with E-state index in [2.05, 4.69) is 22.9 Å². The SMILES string of the molecule is CC1N(CCOO)NC(S)N1CC(=O)O. The lowest BCUT2D eigenvalue weighted by atomic mass is 10.4. The van der Waals surface area contributed by atoms with Crippen LogP contribution in [0, 0.1) is 0 Å². The van der Waals surface area contributed by atoms with Crippen molar-refractivity contribution in [2.45, 2.75) is 18.6 Å². The molecule has 1 heterocycles. The van der Waals surface area contributed by atoms with Gasteiger partial charge in [0, 0.05) is 6.54 Å². The summed E-state index contributed by atoms with van der Waals surface area (Å²) in [7, 11) is 0. The number of carboxylic acids is 1. The third-order valence-corrected chi connectivity index (χ3v) is 2.68. The molecule has 15 heavy (non-hydrogen) atoms. The van der Waals surface area contributed by atoms with Gasteiger partial charge in [-0.2, -0.15) is 0 Å². The number of nitrogens with one attached hydrogen (secondary N) is 1. The van der Waals surface area contributed by atoms with Gasteiger partial charge in [0.1, 0.15) is 12.0 Å². The zero-order valence-corrected chi connectivity index (χ0v) is 9.22. The van der Waals surface area contributed by atoms with Gasteiger partial charge in [0.15, 0.2) is 0 Å². The highest BCUT2D eigenvalue weighted by Gasteiger charge is 2.35. The molecule has 0 radical (unpaired) electrons. The van der Waals surface area contributed by atoms with Gasteiger partial charge >= 0.3 is 5.97 Å². The monoisotopic (exact) mass is 237 g/mol. The summed E-state index contributed by atoms with van der Waals surface area (Å²) >= 11 is 4.21. The molecule has 0 spiro atoms. The molecule has 0 saturated carbocycles. The molecular formula is C7H15N3O4S. The Bertz CT molecular complexity index is 230. The lowest BCUT2D eigenvalue weighted by Gasteiger charge is -2.24. The minimum atomic E-state index is -0.900. The number of carboxylic acid groups (broad SMARTS) is 1. The molecule has 2 atom stereocenters. The van der Waals surface area contributed by atoms with E-state index in [-0.39, 0.29) is 24.8 Å².